The first-order chi connectivity index (χ1) is 7.02. The zero-order chi connectivity index (χ0) is 11.6. The number of aliphatic hydroxyl groups is 1. The van der Waals surface area contributed by atoms with Crippen molar-refractivity contribution in [3.05, 3.63) is 23.0 Å². The Labute approximate surface area is 87.1 Å². The Balaban J connectivity index is 3.33. The molecule has 1 rings (SSSR count). The maximum absolute atomic E-state index is 13.4. The first-order valence-electron chi connectivity index (χ1n) is 4.47. The summed E-state index contributed by atoms with van der Waals surface area (Å²) >= 11 is 0. The third-order valence-corrected chi connectivity index (χ3v) is 2.29. The summed E-state index contributed by atoms with van der Waals surface area (Å²) in [4.78, 5) is 0. The molecule has 0 aliphatic heterocycles. The fraction of sp³-hybridized carbons (Fsp3) is 0.400. The van der Waals surface area contributed by atoms with Crippen LogP contribution in [-0.4, -0.2) is 23.9 Å². The maximum atomic E-state index is 13.4. The first-order valence-corrected chi connectivity index (χ1v) is 4.47. The highest BCUT2D eigenvalue weighted by atomic mass is 19.1. The first kappa shape index (κ1) is 11.7. The number of phenols is 1. The molecule has 4 nitrogen and oxygen atoms in total. The van der Waals surface area contributed by atoms with Crippen LogP contribution in [0, 0.1) is 12.7 Å². The second kappa shape index (κ2) is 4.46. The van der Waals surface area contributed by atoms with Gasteiger partial charge in [0.15, 0.2) is 17.3 Å². The minimum Gasteiger partial charge on any atom is -0.504 e. The molecule has 1 unspecified atom stereocenters. The molecule has 0 aromatic heterocycles. The molecule has 0 heterocycles. The lowest BCUT2D eigenvalue weighted by atomic mass is 10.0. The molecule has 0 aliphatic rings. The SMILES string of the molecule is COc1c(F)cc(C(O)CN)c(C)c1O. The summed E-state index contributed by atoms with van der Waals surface area (Å²) in [5, 5.41) is 19.1. The predicted octanol–water partition coefficient (Wildman–Crippen LogP) is 0.840. The Kier molecular flexibility index (Phi) is 3.49. The van der Waals surface area contributed by atoms with E-state index in [0.717, 1.165) is 6.07 Å². The molecular weight excluding hydrogens is 201 g/mol. The van der Waals surface area contributed by atoms with Crippen molar-refractivity contribution in [2.24, 2.45) is 5.73 Å². The minimum absolute atomic E-state index is 0.0357. The van der Waals surface area contributed by atoms with Gasteiger partial charge in [0.2, 0.25) is 0 Å². The van der Waals surface area contributed by atoms with Gasteiger partial charge in [-0.15, -0.1) is 0 Å². The number of aromatic hydroxyl groups is 1. The van der Waals surface area contributed by atoms with E-state index in [4.69, 9.17) is 5.73 Å². The quantitative estimate of drug-likeness (QED) is 0.698. The van der Waals surface area contributed by atoms with Gasteiger partial charge in [-0.25, -0.2) is 4.39 Å². The van der Waals surface area contributed by atoms with Crippen molar-refractivity contribution in [2.75, 3.05) is 13.7 Å². The molecule has 0 saturated heterocycles. The van der Waals surface area contributed by atoms with Gasteiger partial charge in [-0.3, -0.25) is 0 Å². The van der Waals surface area contributed by atoms with Crippen molar-refractivity contribution in [3.8, 4) is 11.5 Å². The van der Waals surface area contributed by atoms with Crippen LogP contribution in [0.25, 0.3) is 0 Å². The number of aliphatic hydroxyl groups excluding tert-OH is 1. The summed E-state index contributed by atoms with van der Waals surface area (Å²) in [7, 11) is 1.26. The number of rotatable bonds is 3. The van der Waals surface area contributed by atoms with E-state index < -0.39 is 11.9 Å². The largest absolute Gasteiger partial charge is 0.504 e. The fourth-order valence-electron chi connectivity index (χ4n) is 1.40. The van der Waals surface area contributed by atoms with Crippen molar-refractivity contribution in [2.45, 2.75) is 13.0 Å². The van der Waals surface area contributed by atoms with Gasteiger partial charge >= 0.3 is 0 Å². The second-order valence-corrected chi connectivity index (χ2v) is 3.21. The highest BCUT2D eigenvalue weighted by Crippen LogP contribution is 2.36. The normalized spacial score (nSPS) is 12.6. The lowest BCUT2D eigenvalue weighted by molar-refractivity contribution is 0.184. The molecule has 84 valence electrons. The van der Waals surface area contributed by atoms with Crippen LogP contribution < -0.4 is 10.5 Å². The summed E-state index contributed by atoms with van der Waals surface area (Å²) in [5.41, 5.74) is 5.90. The van der Waals surface area contributed by atoms with Crippen molar-refractivity contribution < 1.29 is 19.3 Å². The van der Waals surface area contributed by atoms with Gasteiger partial charge in [-0.1, -0.05) is 0 Å². The lowest BCUT2D eigenvalue weighted by Crippen LogP contribution is -2.13. The molecule has 0 radical (unpaired) electrons. The van der Waals surface area contributed by atoms with Crippen LogP contribution in [-0.2, 0) is 0 Å². The number of halogens is 1. The topological polar surface area (TPSA) is 75.7 Å². The molecule has 0 saturated carbocycles. The number of benzene rings is 1. The smallest absolute Gasteiger partial charge is 0.196 e. The minimum atomic E-state index is -0.990. The van der Waals surface area contributed by atoms with E-state index in [9.17, 15) is 14.6 Å². The molecule has 0 fully saturated rings. The second-order valence-electron chi connectivity index (χ2n) is 3.21. The Bertz CT molecular complexity index is 368. The molecule has 0 spiro atoms. The van der Waals surface area contributed by atoms with Gasteiger partial charge < -0.3 is 20.7 Å². The number of hydrogen-bond acceptors (Lipinski definition) is 4. The molecule has 4 N–H and O–H groups in total. The highest BCUT2D eigenvalue weighted by molar-refractivity contribution is 5.50. The van der Waals surface area contributed by atoms with Crippen molar-refractivity contribution in [1.82, 2.24) is 0 Å². The fourth-order valence-corrected chi connectivity index (χ4v) is 1.40. The van der Waals surface area contributed by atoms with Gasteiger partial charge in [-0.05, 0) is 18.6 Å². The third kappa shape index (κ3) is 2.03. The molecule has 0 amide bonds. The molecule has 0 aliphatic carbocycles. The van der Waals surface area contributed by atoms with Crippen LogP contribution in [0.2, 0.25) is 0 Å². The molecule has 5 heteroatoms. The lowest BCUT2D eigenvalue weighted by Gasteiger charge is -2.15. The zero-order valence-corrected chi connectivity index (χ0v) is 8.62. The van der Waals surface area contributed by atoms with Crippen molar-refractivity contribution >= 4 is 0 Å². The number of nitrogens with two attached hydrogens (primary N) is 1. The molecule has 1 aromatic carbocycles. The Morgan fingerprint density at radius 1 is 1.60 bits per heavy atom. The van der Waals surface area contributed by atoms with Crippen molar-refractivity contribution in [3.63, 3.8) is 0 Å². The van der Waals surface area contributed by atoms with Crippen LogP contribution in [0.5, 0.6) is 11.5 Å². The van der Waals surface area contributed by atoms with Crippen LogP contribution in [0.3, 0.4) is 0 Å². The van der Waals surface area contributed by atoms with Crippen LogP contribution in [0.15, 0.2) is 6.07 Å². The van der Waals surface area contributed by atoms with E-state index in [-0.39, 0.29) is 23.6 Å². The third-order valence-electron chi connectivity index (χ3n) is 2.29. The summed E-state index contributed by atoms with van der Waals surface area (Å²) in [6, 6.07) is 1.12. The van der Waals surface area contributed by atoms with E-state index in [0.29, 0.717) is 5.56 Å². The molecule has 1 aromatic rings. The van der Waals surface area contributed by atoms with E-state index in [1.54, 1.807) is 6.92 Å². The molecule has 0 bridgehead atoms. The maximum Gasteiger partial charge on any atom is 0.196 e. The van der Waals surface area contributed by atoms with E-state index in [1.165, 1.54) is 7.11 Å². The summed E-state index contributed by atoms with van der Waals surface area (Å²) in [5.74, 6) is -1.25. The zero-order valence-electron chi connectivity index (χ0n) is 8.62. The Morgan fingerprint density at radius 2 is 2.20 bits per heavy atom. The number of methoxy groups -OCH3 is 1. The van der Waals surface area contributed by atoms with Gasteiger partial charge in [0.25, 0.3) is 0 Å². The number of ether oxygens (including phenoxy) is 1. The van der Waals surface area contributed by atoms with E-state index >= 15 is 0 Å². The van der Waals surface area contributed by atoms with E-state index in [2.05, 4.69) is 4.74 Å². The van der Waals surface area contributed by atoms with Crippen LogP contribution in [0.4, 0.5) is 4.39 Å². The average Bonchev–Trinajstić information content (AvgIpc) is 2.23. The average molecular weight is 215 g/mol. The van der Waals surface area contributed by atoms with Gasteiger partial charge in [0.1, 0.15) is 0 Å². The summed E-state index contributed by atoms with van der Waals surface area (Å²) < 4.78 is 18.0. The summed E-state index contributed by atoms with van der Waals surface area (Å²) in [6.07, 6.45) is -0.990. The number of phenolic OH excluding ortho intramolecular Hbond substituents is 1. The monoisotopic (exact) mass is 215 g/mol. The van der Waals surface area contributed by atoms with E-state index in [1.807, 2.05) is 0 Å². The highest BCUT2D eigenvalue weighted by Gasteiger charge is 2.19. The van der Waals surface area contributed by atoms with Gasteiger partial charge in [0.05, 0.1) is 13.2 Å². The standard InChI is InChI=1S/C10H14FNO3/c1-5-6(8(13)4-12)3-7(11)10(15-2)9(5)14/h3,8,13-14H,4,12H2,1-2H3. The Morgan fingerprint density at radius 3 is 2.67 bits per heavy atom. The summed E-state index contributed by atoms with van der Waals surface area (Å²) in [6.45, 7) is 1.53. The van der Waals surface area contributed by atoms with Crippen LogP contribution >= 0.6 is 0 Å². The number of hydrogen-bond donors (Lipinski definition) is 3. The van der Waals surface area contributed by atoms with Crippen LogP contribution in [0.1, 0.15) is 17.2 Å². The molecular formula is C10H14FNO3. The Hall–Kier alpha value is -1.33. The van der Waals surface area contributed by atoms with Gasteiger partial charge in [0, 0.05) is 12.1 Å². The molecule has 1 atom stereocenters. The van der Waals surface area contributed by atoms with Gasteiger partial charge in [-0.2, -0.15) is 0 Å². The molecule has 15 heavy (non-hydrogen) atoms. The predicted molar refractivity (Wildman–Crippen MR) is 53.4 cm³/mol. The van der Waals surface area contributed by atoms with Crippen molar-refractivity contribution in [1.29, 1.82) is 0 Å².